The second-order valence-electron chi connectivity index (χ2n) is 2.27. The zero-order valence-corrected chi connectivity index (χ0v) is 12.4. The molecule has 0 atom stereocenters. The molecule has 0 aromatic heterocycles. The van der Waals surface area contributed by atoms with E-state index in [1.165, 1.54) is 0 Å². The van der Waals surface area contributed by atoms with Crippen molar-refractivity contribution in [3.8, 4) is 0 Å². The predicted molar refractivity (Wildman–Crippen MR) is 50.3 cm³/mol. The maximum atomic E-state index is 10.5. The summed E-state index contributed by atoms with van der Waals surface area (Å²) in [7, 11) is 22.0. The fourth-order valence-corrected chi connectivity index (χ4v) is 0.783. The van der Waals surface area contributed by atoms with Gasteiger partial charge in [0.15, 0.2) is 0 Å². The molecule has 1 amide bonds. The van der Waals surface area contributed by atoms with Crippen LogP contribution in [0.25, 0.3) is 0 Å². The Morgan fingerprint density at radius 2 is 1.75 bits per heavy atom. The van der Waals surface area contributed by atoms with Gasteiger partial charge in [0, 0.05) is 20.0 Å². The molecule has 0 aromatic carbocycles. The standard InChI is InChI=1S/C5H9NO.4ClH.W/c1-6-4-2-3-5(6)7;;;;;/h2-4H2,1H3;4*1H;/q;;;;;+4/p-4. The summed E-state index contributed by atoms with van der Waals surface area (Å²) < 4.78 is 0. The number of carbonyl (C=O) groups is 1. The fourth-order valence-electron chi connectivity index (χ4n) is 0.783. The van der Waals surface area contributed by atoms with Gasteiger partial charge >= 0.3 is 49.6 Å². The zero-order valence-electron chi connectivity index (χ0n) is 6.40. The van der Waals surface area contributed by atoms with Crippen molar-refractivity contribution < 1.29 is 16.7 Å². The molecule has 0 aromatic rings. The fraction of sp³-hybridized carbons (Fsp3) is 0.800. The van der Waals surface area contributed by atoms with E-state index in [9.17, 15) is 4.79 Å². The first kappa shape index (κ1) is 13.3. The minimum absolute atomic E-state index is 0.292. The summed E-state index contributed by atoms with van der Waals surface area (Å²) in [6.45, 7) is 0.957. The molecular formula is C5H9Cl4NOW. The third kappa shape index (κ3) is 9.41. The molecule has 0 bridgehead atoms. The molecule has 0 radical (unpaired) electrons. The molecule has 0 unspecified atom stereocenters. The van der Waals surface area contributed by atoms with Crippen LogP contribution in [0.4, 0.5) is 0 Å². The Bertz CT molecular complexity index is 154. The summed E-state index contributed by atoms with van der Waals surface area (Å²) in [6, 6.07) is 0. The van der Waals surface area contributed by atoms with Gasteiger partial charge in [-0.15, -0.1) is 0 Å². The van der Waals surface area contributed by atoms with Crippen molar-refractivity contribution in [1.82, 2.24) is 4.90 Å². The monoisotopic (exact) mass is 423 g/mol. The first-order valence-electron chi connectivity index (χ1n) is 3.16. The van der Waals surface area contributed by atoms with Crippen molar-refractivity contribution in [2.24, 2.45) is 0 Å². The molecule has 7 heteroatoms. The van der Waals surface area contributed by atoms with E-state index in [2.05, 4.69) is 0 Å². The SMILES string of the molecule is CN1CCCC1=O.[Cl][W]([Cl])([Cl])[Cl]. The Labute approximate surface area is 91.0 Å². The van der Waals surface area contributed by atoms with Gasteiger partial charge in [-0.3, -0.25) is 4.79 Å². The van der Waals surface area contributed by atoms with E-state index >= 15 is 0 Å². The van der Waals surface area contributed by atoms with Crippen LogP contribution in [-0.4, -0.2) is 24.4 Å². The molecular weight excluding hydrogens is 416 g/mol. The predicted octanol–water partition coefficient (Wildman–Crippen LogP) is 2.99. The quantitative estimate of drug-likeness (QED) is 0.585. The van der Waals surface area contributed by atoms with Crippen molar-refractivity contribution in [3.05, 3.63) is 0 Å². The van der Waals surface area contributed by atoms with Crippen LogP contribution < -0.4 is 0 Å². The number of hydrogen-bond donors (Lipinski definition) is 0. The van der Waals surface area contributed by atoms with E-state index in [0.29, 0.717) is 5.91 Å². The van der Waals surface area contributed by atoms with Gasteiger partial charge in [0.05, 0.1) is 0 Å². The molecule has 2 nitrogen and oxygen atoms in total. The number of halogens is 4. The number of likely N-dealkylation sites (tertiary alicyclic amines) is 1. The van der Waals surface area contributed by atoms with Crippen LogP contribution in [0.15, 0.2) is 0 Å². The number of carbonyl (C=O) groups excluding carboxylic acids is 1. The van der Waals surface area contributed by atoms with Gasteiger partial charge in [0.2, 0.25) is 5.91 Å². The van der Waals surface area contributed by atoms with Gasteiger partial charge in [-0.05, 0) is 6.42 Å². The Morgan fingerprint density at radius 3 is 1.83 bits per heavy atom. The maximum absolute atomic E-state index is 10.5. The van der Waals surface area contributed by atoms with Crippen LogP contribution in [0.1, 0.15) is 12.8 Å². The minimum atomic E-state index is -3.28. The molecule has 0 spiro atoms. The molecule has 1 aliphatic heterocycles. The first-order chi connectivity index (χ1) is 5.30. The van der Waals surface area contributed by atoms with Crippen molar-refractivity contribution >= 4 is 43.6 Å². The van der Waals surface area contributed by atoms with E-state index in [1.54, 1.807) is 4.90 Å². The Morgan fingerprint density at radius 1 is 1.33 bits per heavy atom. The van der Waals surface area contributed by atoms with Gasteiger partial charge in [0.1, 0.15) is 0 Å². The molecule has 0 saturated carbocycles. The summed E-state index contributed by atoms with van der Waals surface area (Å²) in [5.74, 6) is 0.292. The van der Waals surface area contributed by atoms with Crippen LogP contribution in [0.3, 0.4) is 0 Å². The number of rotatable bonds is 0. The second kappa shape index (κ2) is 5.93. The van der Waals surface area contributed by atoms with Crippen molar-refractivity contribution in [3.63, 3.8) is 0 Å². The van der Waals surface area contributed by atoms with Crippen LogP contribution in [-0.2, 0) is 16.7 Å². The third-order valence-electron chi connectivity index (χ3n) is 1.31. The molecule has 1 aliphatic rings. The van der Waals surface area contributed by atoms with Crippen LogP contribution in [0, 0.1) is 0 Å². The summed E-state index contributed by atoms with van der Waals surface area (Å²) >= 11 is -3.28. The van der Waals surface area contributed by atoms with Gasteiger partial charge in [-0.2, -0.15) is 0 Å². The number of nitrogens with zero attached hydrogens (tertiary/aromatic N) is 1. The molecule has 74 valence electrons. The Balaban J connectivity index is 0.000000217. The van der Waals surface area contributed by atoms with Crippen molar-refractivity contribution in [1.29, 1.82) is 0 Å². The Hall–Kier alpha value is 1.32. The molecule has 1 heterocycles. The molecule has 0 N–H and O–H groups in total. The number of amides is 1. The average Bonchev–Trinajstić information content (AvgIpc) is 2.12. The second-order valence-corrected chi connectivity index (χ2v) is 27.7. The normalized spacial score (nSPS) is 18.8. The molecule has 1 saturated heterocycles. The van der Waals surface area contributed by atoms with E-state index in [-0.39, 0.29) is 0 Å². The summed E-state index contributed by atoms with van der Waals surface area (Å²) in [6.07, 6.45) is 1.81. The van der Waals surface area contributed by atoms with Crippen LogP contribution >= 0.6 is 37.7 Å². The molecule has 0 aliphatic carbocycles. The first-order valence-corrected chi connectivity index (χ1v) is 17.7. The van der Waals surface area contributed by atoms with Crippen molar-refractivity contribution in [2.45, 2.75) is 12.8 Å². The van der Waals surface area contributed by atoms with E-state index in [1.807, 2.05) is 7.05 Å². The van der Waals surface area contributed by atoms with E-state index < -0.39 is 11.9 Å². The Kier molecular flexibility index (Phi) is 6.58. The summed E-state index contributed by atoms with van der Waals surface area (Å²) in [5.41, 5.74) is 0. The number of hydrogen-bond acceptors (Lipinski definition) is 1. The van der Waals surface area contributed by atoms with Gasteiger partial charge in [-0.1, -0.05) is 0 Å². The van der Waals surface area contributed by atoms with Crippen LogP contribution in [0.2, 0.25) is 0 Å². The van der Waals surface area contributed by atoms with Gasteiger partial charge < -0.3 is 4.90 Å². The summed E-state index contributed by atoms with van der Waals surface area (Å²) in [5, 5.41) is 0. The van der Waals surface area contributed by atoms with Crippen LogP contribution in [0.5, 0.6) is 0 Å². The summed E-state index contributed by atoms with van der Waals surface area (Å²) in [4.78, 5) is 12.3. The van der Waals surface area contributed by atoms with E-state index in [0.717, 1.165) is 19.4 Å². The molecule has 12 heavy (non-hydrogen) atoms. The topological polar surface area (TPSA) is 20.3 Å². The average molecular weight is 425 g/mol. The third-order valence-corrected chi connectivity index (χ3v) is 1.31. The zero-order chi connectivity index (χ0) is 9.78. The van der Waals surface area contributed by atoms with Gasteiger partial charge in [-0.25, -0.2) is 0 Å². The van der Waals surface area contributed by atoms with E-state index in [4.69, 9.17) is 37.7 Å². The van der Waals surface area contributed by atoms with Crippen molar-refractivity contribution in [2.75, 3.05) is 13.6 Å². The van der Waals surface area contributed by atoms with Gasteiger partial charge in [0.25, 0.3) is 0 Å². The molecule has 1 fully saturated rings. The molecule has 1 rings (SSSR count).